The Labute approximate surface area is 258 Å². The van der Waals surface area contributed by atoms with Gasteiger partial charge in [-0.15, -0.1) is 0 Å². The molecule has 8 aromatic rings. The van der Waals surface area contributed by atoms with E-state index in [4.69, 9.17) is 6.85 Å². The molecule has 0 spiro atoms. The number of hydrogen-bond acceptors (Lipinski definition) is 0. The van der Waals surface area contributed by atoms with Crippen LogP contribution in [0, 0.1) is 0 Å². The predicted octanol–water partition coefficient (Wildman–Crippen LogP) is 11.9. The Hall–Kier alpha value is -5.20. The zero-order valence-electron chi connectivity index (χ0n) is 29.0. The van der Waals surface area contributed by atoms with Crippen molar-refractivity contribution in [2.75, 3.05) is 0 Å². The lowest BCUT2D eigenvalue weighted by Crippen LogP contribution is -2.14. The van der Waals surface area contributed by atoms with Crippen molar-refractivity contribution in [1.82, 2.24) is 0 Å². The Balaban J connectivity index is 1.42. The highest BCUT2D eigenvalue weighted by molar-refractivity contribution is 6.28. The van der Waals surface area contributed by atoms with Crippen LogP contribution in [-0.2, 0) is 5.41 Å². The van der Waals surface area contributed by atoms with Crippen LogP contribution in [0.4, 0.5) is 0 Å². The summed E-state index contributed by atoms with van der Waals surface area (Å²) in [5.74, 6) is 0. The zero-order chi connectivity index (χ0) is 33.1. The molecule has 202 valence electrons. The summed E-state index contributed by atoms with van der Waals surface area (Å²) in [6.07, 6.45) is 0. The summed E-state index contributed by atoms with van der Waals surface area (Å²) >= 11 is 0. The molecule has 9 rings (SSSR count). The Bertz CT molecular complexity index is 2670. The van der Waals surface area contributed by atoms with Crippen molar-refractivity contribution in [1.29, 1.82) is 0 Å². The van der Waals surface area contributed by atoms with Crippen molar-refractivity contribution >= 4 is 43.1 Å². The van der Waals surface area contributed by atoms with Gasteiger partial charge in [0.1, 0.15) is 0 Å². The molecule has 0 saturated heterocycles. The van der Waals surface area contributed by atoms with Gasteiger partial charge in [0.15, 0.2) is 0 Å². The molecule has 0 radical (unpaired) electrons. The Kier molecular flexibility index (Phi) is 4.11. The van der Waals surface area contributed by atoms with Crippen LogP contribution in [-0.4, -0.2) is 0 Å². The van der Waals surface area contributed by atoms with E-state index in [-0.39, 0.29) is 35.1 Å². The van der Waals surface area contributed by atoms with Gasteiger partial charge in [-0.3, -0.25) is 0 Å². The third kappa shape index (κ3) is 3.44. The molecule has 0 unspecified atom stereocenters. The van der Waals surface area contributed by atoms with Gasteiger partial charge in [0.2, 0.25) is 0 Å². The molecule has 43 heavy (non-hydrogen) atoms. The summed E-state index contributed by atoms with van der Waals surface area (Å²) in [6, 6.07) is 39.1. The second-order valence-electron chi connectivity index (χ2n) is 12.1. The molecule has 0 heterocycles. The zero-order valence-corrected chi connectivity index (χ0v) is 24.0. The van der Waals surface area contributed by atoms with Gasteiger partial charge in [0, 0.05) is 5.41 Å². The molecular formula is C43H30. The lowest BCUT2D eigenvalue weighted by atomic mass is 9.81. The second kappa shape index (κ2) is 8.90. The molecule has 0 atom stereocenters. The van der Waals surface area contributed by atoms with Crippen LogP contribution in [0.2, 0.25) is 0 Å². The number of hydrogen-bond donors (Lipinski definition) is 0. The SMILES string of the molecule is [2H]c1c([2H])c([2H])c(-c2c3ccccc3c(-c3ccc4cc5c(cc4c3)C(C)(C)c3ccccc3-5)c3c2ccc2ccccc23)c([2H])c1[2H]. The highest BCUT2D eigenvalue weighted by Gasteiger charge is 2.35. The van der Waals surface area contributed by atoms with Gasteiger partial charge in [-0.1, -0.05) is 141 Å². The van der Waals surface area contributed by atoms with Crippen LogP contribution in [0.5, 0.6) is 0 Å². The maximum atomic E-state index is 8.96. The lowest BCUT2D eigenvalue weighted by molar-refractivity contribution is 0.661. The van der Waals surface area contributed by atoms with Crippen molar-refractivity contribution in [3.8, 4) is 33.4 Å². The van der Waals surface area contributed by atoms with Crippen molar-refractivity contribution < 1.29 is 6.85 Å². The molecule has 0 bridgehead atoms. The predicted molar refractivity (Wildman–Crippen MR) is 185 cm³/mol. The van der Waals surface area contributed by atoms with Crippen molar-refractivity contribution in [2.45, 2.75) is 19.3 Å². The first kappa shape index (κ1) is 19.8. The molecule has 0 aliphatic heterocycles. The molecule has 0 amide bonds. The number of rotatable bonds is 2. The third-order valence-corrected chi connectivity index (χ3v) is 9.49. The van der Waals surface area contributed by atoms with E-state index in [1.54, 1.807) is 0 Å². The fourth-order valence-electron chi connectivity index (χ4n) is 7.49. The molecule has 0 saturated carbocycles. The molecule has 0 nitrogen and oxygen atoms in total. The van der Waals surface area contributed by atoms with Crippen LogP contribution in [0.15, 0.2) is 145 Å². The fraction of sp³-hybridized carbons (Fsp3) is 0.0698. The van der Waals surface area contributed by atoms with Gasteiger partial charge in [0.25, 0.3) is 0 Å². The van der Waals surface area contributed by atoms with E-state index < -0.39 is 6.04 Å². The van der Waals surface area contributed by atoms with E-state index in [1.165, 1.54) is 33.0 Å². The van der Waals surface area contributed by atoms with E-state index >= 15 is 0 Å². The van der Waals surface area contributed by atoms with Crippen LogP contribution in [0.1, 0.15) is 31.8 Å². The Morgan fingerprint density at radius 3 is 2.00 bits per heavy atom. The standard InChI is InChI=1S/C43H30/c1-43(2)38-19-11-10-16-33(38)37-25-29-20-21-30(24-31(29)26-39(37)43)41-35-18-9-8-17-34(35)40(28-13-4-3-5-14-28)36-23-22-27-12-6-7-15-32(27)42(36)41/h3-26H,1-2H3/i3D,4D,5D,13D,14D. The average Bonchev–Trinajstić information content (AvgIpc) is 3.33. The normalized spacial score (nSPS) is 15.2. The Morgan fingerprint density at radius 2 is 1.16 bits per heavy atom. The lowest BCUT2D eigenvalue weighted by Gasteiger charge is -2.22. The van der Waals surface area contributed by atoms with E-state index in [0.29, 0.717) is 5.56 Å². The second-order valence-corrected chi connectivity index (χ2v) is 12.1. The molecule has 0 N–H and O–H groups in total. The van der Waals surface area contributed by atoms with Gasteiger partial charge in [-0.05, 0) is 106 Å². The molecule has 0 fully saturated rings. The highest BCUT2D eigenvalue weighted by Crippen LogP contribution is 2.51. The summed E-state index contributed by atoms with van der Waals surface area (Å²) in [7, 11) is 0. The van der Waals surface area contributed by atoms with Gasteiger partial charge < -0.3 is 0 Å². The summed E-state index contributed by atoms with van der Waals surface area (Å²) in [5.41, 5.74) is 8.17. The summed E-state index contributed by atoms with van der Waals surface area (Å²) in [6.45, 7) is 4.61. The van der Waals surface area contributed by atoms with E-state index in [9.17, 15) is 0 Å². The molecule has 1 aliphatic carbocycles. The van der Waals surface area contributed by atoms with E-state index in [0.717, 1.165) is 43.4 Å². The first-order valence-corrected chi connectivity index (χ1v) is 14.8. The monoisotopic (exact) mass is 551 g/mol. The fourth-order valence-corrected chi connectivity index (χ4v) is 7.49. The Morgan fingerprint density at radius 1 is 0.465 bits per heavy atom. The smallest absolute Gasteiger partial charge is 0.0622 e. The van der Waals surface area contributed by atoms with Crippen LogP contribution in [0.3, 0.4) is 0 Å². The quantitative estimate of drug-likeness (QED) is 0.148. The highest BCUT2D eigenvalue weighted by atomic mass is 14.4. The molecular weight excluding hydrogens is 516 g/mol. The number of fused-ring (bicyclic) bond motifs is 8. The van der Waals surface area contributed by atoms with Gasteiger partial charge in [0.05, 0.1) is 6.85 Å². The minimum Gasteiger partial charge on any atom is -0.0622 e. The van der Waals surface area contributed by atoms with Crippen molar-refractivity contribution in [3.05, 3.63) is 157 Å². The topological polar surface area (TPSA) is 0 Å². The van der Waals surface area contributed by atoms with E-state index in [1.807, 2.05) is 30.3 Å². The van der Waals surface area contributed by atoms with E-state index in [2.05, 4.69) is 98.8 Å². The van der Waals surface area contributed by atoms with Crippen molar-refractivity contribution in [2.24, 2.45) is 0 Å². The maximum Gasteiger partial charge on any atom is 0.0629 e. The minimum absolute atomic E-state index is 0.114. The van der Waals surface area contributed by atoms with Crippen LogP contribution >= 0.6 is 0 Å². The minimum atomic E-state index is -0.390. The molecule has 8 aromatic carbocycles. The summed E-state index contributed by atoms with van der Waals surface area (Å²) in [5, 5.41) is 8.14. The average molecular weight is 552 g/mol. The maximum absolute atomic E-state index is 8.96. The first-order chi connectivity index (χ1) is 23.2. The first-order valence-electron chi connectivity index (χ1n) is 17.3. The molecule has 0 aromatic heterocycles. The largest absolute Gasteiger partial charge is 0.0629 e. The summed E-state index contributed by atoms with van der Waals surface area (Å²) in [4.78, 5) is 0. The number of benzene rings is 8. The van der Waals surface area contributed by atoms with Gasteiger partial charge >= 0.3 is 0 Å². The van der Waals surface area contributed by atoms with Crippen molar-refractivity contribution in [3.63, 3.8) is 0 Å². The summed E-state index contributed by atoms with van der Waals surface area (Å²) < 4.78 is 43.2. The molecule has 0 heteroatoms. The molecule has 1 aliphatic rings. The van der Waals surface area contributed by atoms with Crippen LogP contribution in [0.25, 0.3) is 76.5 Å². The van der Waals surface area contributed by atoms with Gasteiger partial charge in [-0.25, -0.2) is 0 Å². The van der Waals surface area contributed by atoms with Gasteiger partial charge in [-0.2, -0.15) is 0 Å². The third-order valence-electron chi connectivity index (χ3n) is 9.49. The van der Waals surface area contributed by atoms with Crippen LogP contribution < -0.4 is 0 Å².